The molecule has 1 aliphatic rings. The van der Waals surface area contributed by atoms with Crippen LogP contribution in [-0.2, 0) is 17.8 Å². The fourth-order valence-electron chi connectivity index (χ4n) is 2.59. The number of hydrogen-bond donors (Lipinski definition) is 1. The van der Waals surface area contributed by atoms with Gasteiger partial charge in [0.2, 0.25) is 0 Å². The Balaban J connectivity index is 1.87. The molecule has 0 aliphatic carbocycles. The first-order chi connectivity index (χ1) is 10.7. The Morgan fingerprint density at radius 3 is 2.32 bits per heavy atom. The minimum Gasteiger partial charge on any atom is -0.379 e. The predicted octanol–water partition coefficient (Wildman–Crippen LogP) is 1.68. The van der Waals surface area contributed by atoms with Gasteiger partial charge in [0.15, 0.2) is 5.96 Å². The topological polar surface area (TPSA) is 54.1 Å². The Morgan fingerprint density at radius 2 is 1.73 bits per heavy atom. The number of hydrogen-bond acceptors (Lipinski definition) is 3. The lowest BCUT2D eigenvalue weighted by molar-refractivity contribution is 0.0342. The molecule has 1 aliphatic heterocycles. The first-order valence-electron chi connectivity index (χ1n) is 8.15. The van der Waals surface area contributed by atoms with E-state index >= 15 is 0 Å². The quantitative estimate of drug-likeness (QED) is 0.642. The molecule has 0 saturated carbocycles. The van der Waals surface area contributed by atoms with Crippen molar-refractivity contribution in [3.8, 4) is 0 Å². The number of nitrogens with zero attached hydrogens (tertiary/aromatic N) is 3. The van der Waals surface area contributed by atoms with E-state index in [4.69, 9.17) is 10.5 Å². The van der Waals surface area contributed by atoms with Crippen LogP contribution in [0.3, 0.4) is 0 Å². The molecular weight excluding hydrogens is 276 g/mol. The molecule has 1 fully saturated rings. The van der Waals surface area contributed by atoms with Gasteiger partial charge >= 0.3 is 0 Å². The summed E-state index contributed by atoms with van der Waals surface area (Å²) >= 11 is 0. The van der Waals surface area contributed by atoms with Crippen molar-refractivity contribution in [1.82, 2.24) is 9.80 Å². The number of benzene rings is 1. The van der Waals surface area contributed by atoms with Crippen LogP contribution in [0.25, 0.3) is 0 Å². The lowest BCUT2D eigenvalue weighted by atomic mass is 10.1. The predicted molar refractivity (Wildman–Crippen MR) is 90.8 cm³/mol. The summed E-state index contributed by atoms with van der Waals surface area (Å²) in [6, 6.07) is 8.67. The fourth-order valence-corrected chi connectivity index (χ4v) is 2.59. The second-order valence-corrected chi connectivity index (χ2v) is 5.55. The molecule has 1 aromatic carbocycles. The van der Waals surface area contributed by atoms with Gasteiger partial charge in [-0.2, -0.15) is 0 Å². The van der Waals surface area contributed by atoms with E-state index in [-0.39, 0.29) is 0 Å². The van der Waals surface area contributed by atoms with Gasteiger partial charge in [0.05, 0.1) is 19.8 Å². The van der Waals surface area contributed by atoms with Crippen molar-refractivity contribution < 1.29 is 4.74 Å². The zero-order chi connectivity index (χ0) is 15.8. The molecule has 22 heavy (non-hydrogen) atoms. The van der Waals surface area contributed by atoms with Crippen LogP contribution in [0.15, 0.2) is 29.3 Å². The second-order valence-electron chi connectivity index (χ2n) is 5.55. The van der Waals surface area contributed by atoms with Gasteiger partial charge in [-0.3, -0.25) is 4.90 Å². The molecule has 0 aromatic heterocycles. The van der Waals surface area contributed by atoms with Gasteiger partial charge in [0.25, 0.3) is 0 Å². The lowest BCUT2D eigenvalue weighted by Gasteiger charge is -2.26. The molecule has 0 bridgehead atoms. The average molecular weight is 304 g/mol. The first kappa shape index (κ1) is 16.8. The van der Waals surface area contributed by atoms with Crippen molar-refractivity contribution in [2.75, 3.05) is 39.4 Å². The summed E-state index contributed by atoms with van der Waals surface area (Å²) in [5.74, 6) is 0.627. The third-order valence-corrected chi connectivity index (χ3v) is 4.04. The minimum absolute atomic E-state index is 0.627. The van der Waals surface area contributed by atoms with E-state index in [1.54, 1.807) is 0 Å². The molecule has 122 valence electrons. The van der Waals surface area contributed by atoms with E-state index < -0.39 is 0 Å². The number of guanidine groups is 1. The van der Waals surface area contributed by atoms with Crippen LogP contribution >= 0.6 is 0 Å². The maximum Gasteiger partial charge on any atom is 0.191 e. The van der Waals surface area contributed by atoms with E-state index in [9.17, 15) is 0 Å². The highest BCUT2D eigenvalue weighted by Crippen LogP contribution is 2.10. The van der Waals surface area contributed by atoms with E-state index in [2.05, 4.69) is 52.9 Å². The summed E-state index contributed by atoms with van der Waals surface area (Å²) in [4.78, 5) is 8.96. The van der Waals surface area contributed by atoms with Gasteiger partial charge in [0.1, 0.15) is 0 Å². The van der Waals surface area contributed by atoms with Crippen LogP contribution < -0.4 is 5.73 Å². The van der Waals surface area contributed by atoms with E-state index in [1.165, 1.54) is 11.1 Å². The molecule has 0 atom stereocenters. The Hall–Kier alpha value is -1.59. The molecule has 0 unspecified atom stereocenters. The van der Waals surface area contributed by atoms with E-state index in [0.29, 0.717) is 12.5 Å². The maximum atomic E-state index is 6.00. The summed E-state index contributed by atoms with van der Waals surface area (Å²) in [7, 11) is 0. The smallest absolute Gasteiger partial charge is 0.191 e. The fraction of sp³-hybridized carbons (Fsp3) is 0.588. The van der Waals surface area contributed by atoms with Crippen LogP contribution in [0, 0.1) is 0 Å². The van der Waals surface area contributed by atoms with Crippen LogP contribution in [0.1, 0.15) is 25.0 Å². The largest absolute Gasteiger partial charge is 0.379 e. The molecule has 1 aromatic rings. The van der Waals surface area contributed by atoms with Crippen molar-refractivity contribution in [3.63, 3.8) is 0 Å². The van der Waals surface area contributed by atoms with Crippen molar-refractivity contribution in [2.45, 2.75) is 26.9 Å². The molecule has 2 rings (SSSR count). The summed E-state index contributed by atoms with van der Waals surface area (Å²) in [6.07, 6.45) is 0. The van der Waals surface area contributed by atoms with Gasteiger partial charge in [-0.25, -0.2) is 4.99 Å². The second kappa shape index (κ2) is 8.76. The first-order valence-corrected chi connectivity index (χ1v) is 8.15. The number of aliphatic imine (C=N–C) groups is 1. The number of nitrogens with two attached hydrogens (primary N) is 1. The van der Waals surface area contributed by atoms with Crippen LogP contribution in [-0.4, -0.2) is 55.2 Å². The highest BCUT2D eigenvalue weighted by molar-refractivity contribution is 5.77. The Morgan fingerprint density at radius 1 is 1.14 bits per heavy atom. The zero-order valence-corrected chi connectivity index (χ0v) is 13.8. The Bertz CT molecular complexity index is 462. The normalized spacial score (nSPS) is 16.7. The SMILES string of the molecule is CCN(CC)C(N)=NCc1ccc(CN2CCOCC2)cc1. The number of morpholine rings is 1. The molecule has 0 spiro atoms. The minimum atomic E-state index is 0.627. The van der Waals surface area contributed by atoms with Crippen molar-refractivity contribution in [3.05, 3.63) is 35.4 Å². The molecule has 1 saturated heterocycles. The maximum absolute atomic E-state index is 6.00. The van der Waals surface area contributed by atoms with E-state index in [1.807, 2.05) is 0 Å². The number of ether oxygens (including phenoxy) is 1. The lowest BCUT2D eigenvalue weighted by Crippen LogP contribution is -2.37. The third kappa shape index (κ3) is 5.00. The van der Waals surface area contributed by atoms with Gasteiger partial charge in [-0.05, 0) is 25.0 Å². The number of rotatable bonds is 6. The Kier molecular flexibility index (Phi) is 6.68. The molecule has 0 radical (unpaired) electrons. The van der Waals surface area contributed by atoms with Gasteiger partial charge in [-0.1, -0.05) is 24.3 Å². The van der Waals surface area contributed by atoms with Gasteiger partial charge in [0, 0.05) is 32.7 Å². The van der Waals surface area contributed by atoms with Crippen LogP contribution in [0.5, 0.6) is 0 Å². The molecular formula is C17H28N4O. The molecule has 2 N–H and O–H groups in total. The monoisotopic (exact) mass is 304 g/mol. The van der Waals surface area contributed by atoms with Crippen molar-refractivity contribution >= 4 is 5.96 Å². The average Bonchev–Trinajstić information content (AvgIpc) is 2.56. The highest BCUT2D eigenvalue weighted by Gasteiger charge is 2.10. The third-order valence-electron chi connectivity index (χ3n) is 4.04. The Labute approximate surface area is 133 Å². The summed E-state index contributed by atoms with van der Waals surface area (Å²) < 4.78 is 5.38. The summed E-state index contributed by atoms with van der Waals surface area (Å²) in [5.41, 5.74) is 8.53. The zero-order valence-electron chi connectivity index (χ0n) is 13.8. The molecule has 1 heterocycles. The standard InChI is InChI=1S/C17H28N4O/c1-3-21(4-2)17(18)19-13-15-5-7-16(8-6-15)14-20-9-11-22-12-10-20/h5-8H,3-4,9-14H2,1-2H3,(H2,18,19). The molecule has 5 nitrogen and oxygen atoms in total. The molecule has 5 heteroatoms. The van der Waals surface area contributed by atoms with Crippen LogP contribution in [0.2, 0.25) is 0 Å². The summed E-state index contributed by atoms with van der Waals surface area (Å²) in [6.45, 7) is 11.3. The van der Waals surface area contributed by atoms with Gasteiger partial charge in [-0.15, -0.1) is 0 Å². The van der Waals surface area contributed by atoms with E-state index in [0.717, 1.165) is 45.9 Å². The van der Waals surface area contributed by atoms with Crippen molar-refractivity contribution in [2.24, 2.45) is 10.7 Å². The van der Waals surface area contributed by atoms with Gasteiger partial charge < -0.3 is 15.4 Å². The summed E-state index contributed by atoms with van der Waals surface area (Å²) in [5, 5.41) is 0. The molecule has 0 amide bonds. The van der Waals surface area contributed by atoms with Crippen molar-refractivity contribution in [1.29, 1.82) is 0 Å². The highest BCUT2D eigenvalue weighted by atomic mass is 16.5. The van der Waals surface area contributed by atoms with Crippen LogP contribution in [0.4, 0.5) is 0 Å².